The van der Waals surface area contributed by atoms with Gasteiger partial charge in [0.2, 0.25) is 0 Å². The number of aromatic nitrogens is 3. The van der Waals surface area contributed by atoms with E-state index in [0.717, 1.165) is 37.8 Å². The van der Waals surface area contributed by atoms with Gasteiger partial charge in [-0.2, -0.15) is 9.97 Å². The Labute approximate surface area is 187 Å². The van der Waals surface area contributed by atoms with Crippen LogP contribution in [0.2, 0.25) is 5.02 Å². The van der Waals surface area contributed by atoms with Crippen LogP contribution in [0.1, 0.15) is 43.9 Å². The van der Waals surface area contributed by atoms with E-state index in [4.69, 9.17) is 16.3 Å². The lowest BCUT2D eigenvalue weighted by Gasteiger charge is -2.35. The highest BCUT2D eigenvalue weighted by Crippen LogP contribution is 2.35. The smallest absolute Gasteiger partial charge is 0.317 e. The lowest BCUT2D eigenvalue weighted by atomic mass is 9.92. The lowest BCUT2D eigenvalue weighted by molar-refractivity contribution is 0.0827. The van der Waals surface area contributed by atoms with Gasteiger partial charge in [-0.15, -0.1) is 0 Å². The Morgan fingerprint density at radius 2 is 2.06 bits per heavy atom. The summed E-state index contributed by atoms with van der Waals surface area (Å²) in [5.74, 6) is -0.512. The van der Waals surface area contributed by atoms with E-state index in [0.29, 0.717) is 28.3 Å². The Morgan fingerprint density at radius 1 is 1.26 bits per heavy atom. The van der Waals surface area contributed by atoms with Crippen molar-refractivity contribution in [1.82, 2.24) is 19.9 Å². The second-order valence-corrected chi connectivity index (χ2v) is 8.88. The first-order valence-electron chi connectivity index (χ1n) is 10.8. The van der Waals surface area contributed by atoms with Crippen LogP contribution >= 0.6 is 11.6 Å². The molecule has 3 aromatic rings. The minimum Gasteiger partial charge on any atom is -0.461 e. The molecular weight excluding hydrogens is 415 g/mol. The number of ether oxygens (including phenoxy) is 1. The number of hydrogen-bond donors (Lipinski definition) is 0. The predicted octanol–water partition coefficient (Wildman–Crippen LogP) is 5.74. The Bertz CT molecular complexity index is 1120. The van der Waals surface area contributed by atoms with E-state index in [2.05, 4.69) is 33.8 Å². The molecule has 0 bridgehead atoms. The number of halogens is 2. The molecule has 1 fully saturated rings. The second kappa shape index (κ2) is 8.67. The number of rotatable bonds is 6. The third-order valence-electron chi connectivity index (χ3n) is 6.43. The van der Waals surface area contributed by atoms with E-state index in [-0.39, 0.29) is 22.8 Å². The van der Waals surface area contributed by atoms with Crippen LogP contribution in [0.15, 0.2) is 24.4 Å². The van der Waals surface area contributed by atoms with Crippen molar-refractivity contribution in [1.29, 1.82) is 0 Å². The Morgan fingerprint density at radius 3 is 2.77 bits per heavy atom. The molecule has 4 rings (SSSR count). The largest absolute Gasteiger partial charge is 0.461 e. The maximum atomic E-state index is 15.6. The standard InChI is InChI=1S/C24H28ClFN4O/c1-5-10-24(11-7-12-30(24)4)14-31-23-28-16(3)18-13-27-21(20(26)22(18)29-23)17-9-6-8-15(2)19(17)25/h6,8-9,13H,5,7,10-12,14H2,1-4H3. The predicted molar refractivity (Wildman–Crippen MR) is 122 cm³/mol. The molecule has 3 heterocycles. The molecule has 0 radical (unpaired) electrons. The van der Waals surface area contributed by atoms with Gasteiger partial charge in [0.1, 0.15) is 17.8 Å². The van der Waals surface area contributed by atoms with Crippen molar-refractivity contribution in [3.63, 3.8) is 0 Å². The number of nitrogens with zero attached hydrogens (tertiary/aromatic N) is 4. The highest BCUT2D eigenvalue weighted by molar-refractivity contribution is 6.34. The first-order chi connectivity index (χ1) is 14.9. The molecular formula is C24H28ClFN4O. The highest BCUT2D eigenvalue weighted by atomic mass is 35.5. The van der Waals surface area contributed by atoms with Crippen LogP contribution in [0.3, 0.4) is 0 Å². The van der Waals surface area contributed by atoms with Crippen molar-refractivity contribution in [2.75, 3.05) is 20.2 Å². The van der Waals surface area contributed by atoms with Gasteiger partial charge in [-0.05, 0) is 52.3 Å². The van der Waals surface area contributed by atoms with Crippen molar-refractivity contribution >= 4 is 22.5 Å². The number of benzene rings is 1. The van der Waals surface area contributed by atoms with Crippen molar-refractivity contribution in [2.45, 2.75) is 52.0 Å². The molecule has 0 spiro atoms. The van der Waals surface area contributed by atoms with Crippen LogP contribution in [-0.2, 0) is 0 Å². The molecule has 1 aliphatic rings. The number of aryl methyl sites for hydroxylation is 2. The van der Waals surface area contributed by atoms with Crippen molar-refractivity contribution in [2.24, 2.45) is 0 Å². The molecule has 5 nitrogen and oxygen atoms in total. The molecule has 164 valence electrons. The Kier molecular flexibility index (Phi) is 6.13. The van der Waals surface area contributed by atoms with Crippen LogP contribution in [0.4, 0.5) is 4.39 Å². The normalized spacial score (nSPS) is 19.3. The first-order valence-corrected chi connectivity index (χ1v) is 11.2. The SMILES string of the molecule is CCCC1(COc2nc(C)c3cnc(-c4cccc(C)c4Cl)c(F)c3n2)CCCN1C. The summed E-state index contributed by atoms with van der Waals surface area (Å²) in [5, 5.41) is 1.06. The zero-order valence-electron chi connectivity index (χ0n) is 18.5. The fraction of sp³-hybridized carbons (Fsp3) is 0.458. The zero-order chi connectivity index (χ0) is 22.2. The average Bonchev–Trinajstić information content (AvgIpc) is 3.10. The zero-order valence-corrected chi connectivity index (χ0v) is 19.3. The second-order valence-electron chi connectivity index (χ2n) is 8.50. The van der Waals surface area contributed by atoms with Crippen molar-refractivity contribution in [3.05, 3.63) is 46.5 Å². The fourth-order valence-corrected chi connectivity index (χ4v) is 4.78. The summed E-state index contributed by atoms with van der Waals surface area (Å²) in [6.45, 7) is 7.44. The third kappa shape index (κ3) is 3.99. The van der Waals surface area contributed by atoms with Gasteiger partial charge >= 0.3 is 6.01 Å². The molecule has 0 amide bonds. The monoisotopic (exact) mass is 442 g/mol. The van der Waals surface area contributed by atoms with Crippen LogP contribution in [-0.4, -0.2) is 45.6 Å². The summed E-state index contributed by atoms with van der Waals surface area (Å²) in [6.07, 6.45) is 5.96. The van der Waals surface area contributed by atoms with E-state index < -0.39 is 5.82 Å². The third-order valence-corrected chi connectivity index (χ3v) is 6.93. The minimum absolute atomic E-state index is 0.0159. The van der Waals surface area contributed by atoms with Gasteiger partial charge in [-0.3, -0.25) is 9.88 Å². The summed E-state index contributed by atoms with van der Waals surface area (Å²) in [7, 11) is 2.14. The molecule has 31 heavy (non-hydrogen) atoms. The number of pyridine rings is 1. The molecule has 7 heteroatoms. The summed E-state index contributed by atoms with van der Waals surface area (Å²) in [6, 6.07) is 5.69. The van der Waals surface area contributed by atoms with Gasteiger partial charge in [-0.25, -0.2) is 4.39 Å². The van der Waals surface area contributed by atoms with E-state index in [1.807, 2.05) is 26.0 Å². The van der Waals surface area contributed by atoms with Crippen LogP contribution in [0.5, 0.6) is 6.01 Å². The van der Waals surface area contributed by atoms with Gasteiger partial charge in [-0.1, -0.05) is 43.1 Å². The first kappa shape index (κ1) is 21.9. The van der Waals surface area contributed by atoms with Crippen LogP contribution < -0.4 is 4.74 Å². The summed E-state index contributed by atoms with van der Waals surface area (Å²) < 4.78 is 21.6. The molecule has 0 N–H and O–H groups in total. The maximum absolute atomic E-state index is 15.6. The number of hydrogen-bond acceptors (Lipinski definition) is 5. The molecule has 0 aliphatic carbocycles. The average molecular weight is 443 g/mol. The molecule has 1 unspecified atom stereocenters. The van der Waals surface area contributed by atoms with E-state index >= 15 is 4.39 Å². The summed E-state index contributed by atoms with van der Waals surface area (Å²) in [5.41, 5.74) is 2.42. The number of likely N-dealkylation sites (tertiary alicyclic amines) is 1. The van der Waals surface area contributed by atoms with Crippen molar-refractivity contribution < 1.29 is 9.13 Å². The quantitative estimate of drug-likeness (QED) is 0.486. The van der Waals surface area contributed by atoms with Crippen LogP contribution in [0.25, 0.3) is 22.2 Å². The molecule has 2 aromatic heterocycles. The number of likely N-dealkylation sites (N-methyl/N-ethyl adjacent to an activating group) is 1. The van der Waals surface area contributed by atoms with E-state index in [1.54, 1.807) is 12.3 Å². The van der Waals surface area contributed by atoms with Gasteiger partial charge in [0.25, 0.3) is 0 Å². The molecule has 1 aliphatic heterocycles. The summed E-state index contributed by atoms with van der Waals surface area (Å²) >= 11 is 6.43. The van der Waals surface area contributed by atoms with E-state index in [9.17, 15) is 0 Å². The lowest BCUT2D eigenvalue weighted by Crippen LogP contribution is -2.46. The summed E-state index contributed by atoms with van der Waals surface area (Å²) in [4.78, 5) is 15.6. The van der Waals surface area contributed by atoms with Gasteiger partial charge < -0.3 is 4.74 Å². The molecule has 1 saturated heterocycles. The fourth-order valence-electron chi connectivity index (χ4n) is 4.57. The minimum atomic E-state index is -0.512. The van der Waals surface area contributed by atoms with Crippen molar-refractivity contribution in [3.8, 4) is 17.3 Å². The van der Waals surface area contributed by atoms with E-state index in [1.165, 1.54) is 0 Å². The molecule has 0 saturated carbocycles. The topological polar surface area (TPSA) is 51.1 Å². The number of fused-ring (bicyclic) bond motifs is 1. The maximum Gasteiger partial charge on any atom is 0.317 e. The Hall–Kier alpha value is -2.31. The van der Waals surface area contributed by atoms with Gasteiger partial charge in [0.15, 0.2) is 5.82 Å². The highest BCUT2D eigenvalue weighted by Gasteiger charge is 2.38. The molecule has 1 atom stereocenters. The Balaban J connectivity index is 1.72. The molecule has 1 aromatic carbocycles. The van der Waals surface area contributed by atoms with Gasteiger partial charge in [0.05, 0.1) is 16.3 Å². The van der Waals surface area contributed by atoms with Gasteiger partial charge in [0, 0.05) is 17.1 Å². The van der Waals surface area contributed by atoms with Crippen LogP contribution in [0, 0.1) is 19.7 Å².